The average molecular weight is 330 g/mol. The van der Waals surface area contributed by atoms with Crippen molar-refractivity contribution < 1.29 is 14.6 Å². The van der Waals surface area contributed by atoms with Gasteiger partial charge in [0, 0.05) is 25.8 Å². The van der Waals surface area contributed by atoms with E-state index in [0.29, 0.717) is 12.5 Å². The van der Waals surface area contributed by atoms with Crippen LogP contribution >= 0.6 is 0 Å². The van der Waals surface area contributed by atoms with Gasteiger partial charge in [-0.2, -0.15) is 0 Å². The summed E-state index contributed by atoms with van der Waals surface area (Å²) in [6, 6.07) is 4.36. The number of nitrogens with zero attached hydrogens (tertiary/aromatic N) is 2. The second kappa shape index (κ2) is 6.45. The van der Waals surface area contributed by atoms with Crippen molar-refractivity contribution in [3.05, 3.63) is 29.6 Å². The molecule has 2 aliphatic carbocycles. The predicted octanol–water partition coefficient (Wildman–Crippen LogP) is 2.95. The molecule has 2 heterocycles. The van der Waals surface area contributed by atoms with E-state index in [1.807, 2.05) is 6.20 Å². The number of carboxylic acid groups (broad SMARTS) is 1. The van der Waals surface area contributed by atoms with Gasteiger partial charge in [0.1, 0.15) is 0 Å². The maximum absolute atomic E-state index is 11.1. The van der Waals surface area contributed by atoms with E-state index in [0.717, 1.165) is 31.6 Å². The molecule has 1 aromatic heterocycles. The lowest BCUT2D eigenvalue weighted by Crippen LogP contribution is -2.58. The van der Waals surface area contributed by atoms with Crippen molar-refractivity contribution in [1.82, 2.24) is 9.88 Å². The van der Waals surface area contributed by atoms with Gasteiger partial charge in [0.25, 0.3) is 0 Å². The molecule has 1 aromatic rings. The molecule has 3 fully saturated rings. The zero-order valence-corrected chi connectivity index (χ0v) is 14.1. The summed E-state index contributed by atoms with van der Waals surface area (Å²) in [5.74, 6) is -0.0626. The van der Waals surface area contributed by atoms with Crippen LogP contribution in [0.25, 0.3) is 0 Å². The molecule has 1 N–H and O–H groups in total. The molecule has 1 atom stereocenters. The Balaban J connectivity index is 1.41. The summed E-state index contributed by atoms with van der Waals surface area (Å²) in [7, 11) is 0. The number of aromatic nitrogens is 1. The number of hydrogen-bond acceptors (Lipinski definition) is 4. The van der Waals surface area contributed by atoms with Crippen LogP contribution < -0.4 is 0 Å². The Labute approximate surface area is 143 Å². The number of hydrogen-bond donors (Lipinski definition) is 1. The molecule has 1 unspecified atom stereocenters. The van der Waals surface area contributed by atoms with Gasteiger partial charge in [-0.15, -0.1) is 0 Å². The highest BCUT2D eigenvalue weighted by Crippen LogP contribution is 2.41. The Bertz CT molecular complexity index is 593. The van der Waals surface area contributed by atoms with Crippen LogP contribution in [0.3, 0.4) is 0 Å². The smallest absolute Gasteiger partial charge is 0.306 e. The molecule has 1 aliphatic heterocycles. The first-order valence-electron chi connectivity index (χ1n) is 9.19. The zero-order chi connectivity index (χ0) is 16.6. The molecule has 4 rings (SSSR count). The fraction of sp³-hybridized carbons (Fsp3) is 0.684. The van der Waals surface area contributed by atoms with Gasteiger partial charge in [-0.05, 0) is 49.7 Å². The van der Waals surface area contributed by atoms with Gasteiger partial charge in [-0.3, -0.25) is 14.7 Å². The molecule has 1 saturated heterocycles. The molecular weight excluding hydrogens is 304 g/mol. The molecule has 130 valence electrons. The van der Waals surface area contributed by atoms with Gasteiger partial charge in [0.05, 0.1) is 23.8 Å². The summed E-state index contributed by atoms with van der Waals surface area (Å²) >= 11 is 0. The molecule has 5 heteroatoms. The van der Waals surface area contributed by atoms with Crippen LogP contribution in [0.1, 0.15) is 62.1 Å². The maximum Gasteiger partial charge on any atom is 0.306 e. The Kier molecular flexibility index (Phi) is 4.31. The van der Waals surface area contributed by atoms with Crippen molar-refractivity contribution >= 4 is 5.97 Å². The lowest BCUT2D eigenvalue weighted by Gasteiger charge is -2.51. The molecule has 5 nitrogen and oxygen atoms in total. The third kappa shape index (κ3) is 3.33. The van der Waals surface area contributed by atoms with Crippen LogP contribution in [0.4, 0.5) is 0 Å². The molecule has 0 amide bonds. The first-order chi connectivity index (χ1) is 11.6. The fourth-order valence-corrected chi connectivity index (χ4v) is 4.20. The van der Waals surface area contributed by atoms with E-state index in [9.17, 15) is 4.79 Å². The van der Waals surface area contributed by atoms with Crippen LogP contribution in [-0.2, 0) is 16.1 Å². The molecule has 0 aromatic carbocycles. The minimum Gasteiger partial charge on any atom is -0.481 e. The highest BCUT2D eigenvalue weighted by molar-refractivity contribution is 5.67. The highest BCUT2D eigenvalue weighted by atomic mass is 16.5. The van der Waals surface area contributed by atoms with Gasteiger partial charge in [-0.25, -0.2) is 0 Å². The largest absolute Gasteiger partial charge is 0.481 e. The topological polar surface area (TPSA) is 62.7 Å². The quantitative estimate of drug-likeness (QED) is 0.899. The van der Waals surface area contributed by atoms with Crippen molar-refractivity contribution in [2.45, 2.75) is 69.1 Å². The Morgan fingerprint density at radius 3 is 2.71 bits per heavy atom. The highest BCUT2D eigenvalue weighted by Gasteiger charge is 2.45. The zero-order valence-electron chi connectivity index (χ0n) is 14.1. The molecule has 2 saturated carbocycles. The van der Waals surface area contributed by atoms with Crippen LogP contribution in [-0.4, -0.2) is 45.8 Å². The van der Waals surface area contributed by atoms with Gasteiger partial charge in [0.2, 0.25) is 0 Å². The Morgan fingerprint density at radius 2 is 2.17 bits per heavy atom. The van der Waals surface area contributed by atoms with Gasteiger partial charge in [0.15, 0.2) is 0 Å². The molecule has 24 heavy (non-hydrogen) atoms. The number of aliphatic carboxylic acids is 1. The van der Waals surface area contributed by atoms with Crippen LogP contribution in [0.15, 0.2) is 18.3 Å². The van der Waals surface area contributed by atoms with E-state index in [-0.39, 0.29) is 18.1 Å². The fourth-order valence-electron chi connectivity index (χ4n) is 4.20. The lowest BCUT2D eigenvalue weighted by molar-refractivity contribution is -0.196. The summed E-state index contributed by atoms with van der Waals surface area (Å²) in [4.78, 5) is 18.1. The number of carbonyl (C=O) groups is 1. The molecule has 3 aliphatic rings. The van der Waals surface area contributed by atoms with E-state index >= 15 is 0 Å². The molecular formula is C19H26N2O3. The molecule has 1 spiro atoms. The van der Waals surface area contributed by atoms with Crippen molar-refractivity contribution in [2.75, 3.05) is 13.1 Å². The van der Waals surface area contributed by atoms with Crippen molar-refractivity contribution in [3.8, 4) is 0 Å². The summed E-state index contributed by atoms with van der Waals surface area (Å²) < 4.78 is 6.12. The van der Waals surface area contributed by atoms with Gasteiger partial charge in [-0.1, -0.05) is 12.5 Å². The van der Waals surface area contributed by atoms with Crippen molar-refractivity contribution in [1.29, 1.82) is 0 Å². The predicted molar refractivity (Wildman–Crippen MR) is 89.8 cm³/mol. The lowest BCUT2D eigenvalue weighted by atomic mass is 9.78. The molecule has 0 radical (unpaired) electrons. The number of carboxylic acids is 1. The van der Waals surface area contributed by atoms with E-state index in [1.54, 1.807) is 0 Å². The van der Waals surface area contributed by atoms with Crippen molar-refractivity contribution in [2.24, 2.45) is 0 Å². The van der Waals surface area contributed by atoms with Crippen LogP contribution in [0.2, 0.25) is 0 Å². The summed E-state index contributed by atoms with van der Waals surface area (Å²) in [6.45, 7) is 2.36. The summed E-state index contributed by atoms with van der Waals surface area (Å²) in [5, 5.41) is 9.10. The first kappa shape index (κ1) is 16.0. The molecule has 0 bridgehead atoms. The van der Waals surface area contributed by atoms with Gasteiger partial charge >= 0.3 is 5.97 Å². The van der Waals surface area contributed by atoms with Gasteiger partial charge < -0.3 is 9.84 Å². The monoisotopic (exact) mass is 330 g/mol. The Morgan fingerprint density at radius 1 is 1.33 bits per heavy atom. The van der Waals surface area contributed by atoms with Crippen LogP contribution in [0, 0.1) is 0 Å². The maximum atomic E-state index is 11.1. The van der Waals surface area contributed by atoms with E-state index < -0.39 is 5.97 Å². The second-order valence-electron chi connectivity index (χ2n) is 7.75. The minimum absolute atomic E-state index is 0.0896. The number of ether oxygens (including phenoxy) is 1. The SMILES string of the molecule is O=C(O)CC1CN(Cc2ccc(C3CCC3)cn2)CC2(CCC2)O1. The normalized spacial score (nSPS) is 26.8. The third-order valence-corrected chi connectivity index (χ3v) is 5.87. The number of rotatable bonds is 5. The summed E-state index contributed by atoms with van der Waals surface area (Å²) in [5.41, 5.74) is 2.33. The first-order valence-corrected chi connectivity index (χ1v) is 9.19. The van der Waals surface area contributed by atoms with Crippen molar-refractivity contribution in [3.63, 3.8) is 0 Å². The van der Waals surface area contributed by atoms with E-state index in [2.05, 4.69) is 22.0 Å². The minimum atomic E-state index is -0.778. The summed E-state index contributed by atoms with van der Waals surface area (Å²) in [6.07, 6.45) is 9.13. The Hall–Kier alpha value is -1.46. The van der Waals surface area contributed by atoms with E-state index in [1.165, 1.54) is 31.2 Å². The standard InChI is InChI=1S/C19H26N2O3/c22-18(23)9-17-12-21(13-19(24-17)7-2-8-19)11-16-6-5-15(10-20-16)14-3-1-4-14/h5-6,10,14,17H,1-4,7-9,11-13H2,(H,22,23). The number of pyridine rings is 1. The average Bonchev–Trinajstić information content (AvgIpc) is 2.45. The number of morpholine rings is 1. The van der Waals surface area contributed by atoms with Crippen LogP contribution in [0.5, 0.6) is 0 Å². The second-order valence-corrected chi connectivity index (χ2v) is 7.75. The van der Waals surface area contributed by atoms with E-state index in [4.69, 9.17) is 9.84 Å². The third-order valence-electron chi connectivity index (χ3n) is 5.87.